The fourth-order valence-corrected chi connectivity index (χ4v) is 3.35. The number of rotatable bonds is 4. The Balaban J connectivity index is 1.66. The van der Waals surface area contributed by atoms with Crippen molar-refractivity contribution in [3.63, 3.8) is 0 Å². The van der Waals surface area contributed by atoms with Crippen LogP contribution >= 0.6 is 0 Å². The minimum Gasteiger partial charge on any atom is -0.338 e. The van der Waals surface area contributed by atoms with Crippen LogP contribution in [0.4, 0.5) is 0 Å². The molecule has 1 aliphatic heterocycles. The van der Waals surface area contributed by atoms with Gasteiger partial charge in [0.25, 0.3) is 5.91 Å². The van der Waals surface area contributed by atoms with E-state index in [9.17, 15) is 9.59 Å². The quantitative estimate of drug-likeness (QED) is 0.867. The first-order valence-corrected chi connectivity index (χ1v) is 8.40. The molecule has 0 aliphatic carbocycles. The average molecular weight is 325 g/mol. The molecular weight excluding hydrogens is 302 g/mol. The fraction of sp³-hybridized carbons (Fsp3) is 0.421. The molecule has 1 fully saturated rings. The first-order chi connectivity index (χ1) is 11.5. The summed E-state index contributed by atoms with van der Waals surface area (Å²) in [5.74, 6) is 0.138. The minimum absolute atomic E-state index is 0.0159. The molecule has 24 heavy (non-hydrogen) atoms. The molecule has 0 saturated carbocycles. The summed E-state index contributed by atoms with van der Waals surface area (Å²) in [6.07, 6.45) is 3.93. The van der Waals surface area contributed by atoms with Crippen molar-refractivity contribution in [1.29, 1.82) is 0 Å². The van der Waals surface area contributed by atoms with Crippen LogP contribution in [-0.4, -0.2) is 39.5 Å². The zero-order valence-corrected chi connectivity index (χ0v) is 14.2. The summed E-state index contributed by atoms with van der Waals surface area (Å²) in [4.78, 5) is 27.1. The van der Waals surface area contributed by atoms with Gasteiger partial charge in [0.1, 0.15) is 5.78 Å². The second kappa shape index (κ2) is 6.99. The predicted molar refractivity (Wildman–Crippen MR) is 91.7 cm³/mol. The number of amides is 1. The number of ketones is 1. The molecule has 0 spiro atoms. The Hall–Kier alpha value is -2.43. The SMILES string of the molecule is Cc1nn(C)cc1C(=O)N1CCC[C@@H](C(=O)Cc2ccccc2)C1. The van der Waals surface area contributed by atoms with E-state index < -0.39 is 0 Å². The van der Waals surface area contributed by atoms with Crippen molar-refractivity contribution in [2.24, 2.45) is 13.0 Å². The normalized spacial score (nSPS) is 17.8. The maximum atomic E-state index is 12.7. The maximum Gasteiger partial charge on any atom is 0.257 e. The smallest absolute Gasteiger partial charge is 0.257 e. The number of carbonyl (C=O) groups excluding carboxylic acids is 2. The van der Waals surface area contributed by atoms with Crippen LogP contribution in [0.25, 0.3) is 0 Å². The van der Waals surface area contributed by atoms with Gasteiger partial charge in [-0.25, -0.2) is 0 Å². The van der Waals surface area contributed by atoms with Gasteiger partial charge in [0.05, 0.1) is 11.3 Å². The molecule has 2 aromatic rings. The molecular formula is C19H23N3O2. The number of hydrogen-bond acceptors (Lipinski definition) is 3. The summed E-state index contributed by atoms with van der Waals surface area (Å²) in [5.41, 5.74) is 2.41. The Bertz CT molecular complexity index is 736. The van der Waals surface area contributed by atoms with E-state index in [4.69, 9.17) is 0 Å². The molecule has 1 saturated heterocycles. The number of Topliss-reactive ketones (excluding diaryl/α,β-unsaturated/α-hetero) is 1. The molecule has 0 bridgehead atoms. The van der Waals surface area contributed by atoms with Crippen LogP contribution < -0.4 is 0 Å². The van der Waals surface area contributed by atoms with E-state index in [2.05, 4.69) is 5.10 Å². The Morgan fingerprint density at radius 2 is 2.00 bits per heavy atom. The van der Waals surface area contributed by atoms with Crippen molar-refractivity contribution in [2.75, 3.05) is 13.1 Å². The van der Waals surface area contributed by atoms with Crippen LogP contribution in [0.15, 0.2) is 36.5 Å². The molecule has 0 N–H and O–H groups in total. The topological polar surface area (TPSA) is 55.2 Å². The highest BCUT2D eigenvalue weighted by molar-refractivity contribution is 5.95. The zero-order chi connectivity index (χ0) is 17.1. The van der Waals surface area contributed by atoms with Gasteiger partial charge in [-0.3, -0.25) is 14.3 Å². The van der Waals surface area contributed by atoms with Gasteiger partial charge in [0.2, 0.25) is 0 Å². The summed E-state index contributed by atoms with van der Waals surface area (Å²) in [7, 11) is 1.81. The minimum atomic E-state index is -0.0696. The van der Waals surface area contributed by atoms with Crippen LogP contribution in [0.3, 0.4) is 0 Å². The lowest BCUT2D eigenvalue weighted by Gasteiger charge is -2.32. The molecule has 1 atom stereocenters. The highest BCUT2D eigenvalue weighted by Gasteiger charge is 2.29. The summed E-state index contributed by atoms with van der Waals surface area (Å²) in [6.45, 7) is 3.07. The molecule has 1 aromatic heterocycles. The van der Waals surface area contributed by atoms with Crippen LogP contribution in [0.5, 0.6) is 0 Å². The number of aryl methyl sites for hydroxylation is 2. The number of hydrogen-bond donors (Lipinski definition) is 0. The molecule has 0 radical (unpaired) electrons. The van der Waals surface area contributed by atoms with Gasteiger partial charge in [-0.2, -0.15) is 5.10 Å². The van der Waals surface area contributed by atoms with Crippen molar-refractivity contribution >= 4 is 11.7 Å². The fourth-order valence-electron chi connectivity index (χ4n) is 3.35. The van der Waals surface area contributed by atoms with Gasteiger partial charge < -0.3 is 4.90 Å². The third-order valence-corrected chi connectivity index (χ3v) is 4.63. The Kier molecular flexibility index (Phi) is 4.79. The van der Waals surface area contributed by atoms with E-state index in [1.54, 1.807) is 15.8 Å². The van der Waals surface area contributed by atoms with Crippen molar-refractivity contribution in [2.45, 2.75) is 26.2 Å². The molecule has 3 rings (SSSR count). The predicted octanol–water partition coefficient (Wildman–Crippen LogP) is 2.39. The Morgan fingerprint density at radius 3 is 2.67 bits per heavy atom. The number of likely N-dealkylation sites (tertiary alicyclic amines) is 1. The largest absolute Gasteiger partial charge is 0.338 e. The zero-order valence-electron chi connectivity index (χ0n) is 14.2. The first kappa shape index (κ1) is 16.4. The Morgan fingerprint density at radius 1 is 1.25 bits per heavy atom. The lowest BCUT2D eigenvalue weighted by Crippen LogP contribution is -2.42. The second-order valence-electron chi connectivity index (χ2n) is 6.52. The summed E-state index contributed by atoms with van der Waals surface area (Å²) >= 11 is 0. The summed E-state index contributed by atoms with van der Waals surface area (Å²) in [6, 6.07) is 9.80. The molecule has 1 amide bonds. The molecule has 2 heterocycles. The summed E-state index contributed by atoms with van der Waals surface area (Å²) in [5, 5.41) is 4.24. The molecule has 5 heteroatoms. The first-order valence-electron chi connectivity index (χ1n) is 8.40. The van der Waals surface area contributed by atoms with Crippen molar-refractivity contribution in [1.82, 2.24) is 14.7 Å². The molecule has 5 nitrogen and oxygen atoms in total. The van der Waals surface area contributed by atoms with Gasteiger partial charge >= 0.3 is 0 Å². The third kappa shape index (κ3) is 3.55. The average Bonchev–Trinajstić information content (AvgIpc) is 2.93. The highest BCUT2D eigenvalue weighted by atomic mass is 16.2. The third-order valence-electron chi connectivity index (χ3n) is 4.63. The maximum absolute atomic E-state index is 12.7. The van der Waals surface area contributed by atoms with Crippen LogP contribution in [0, 0.1) is 12.8 Å². The van der Waals surface area contributed by atoms with E-state index >= 15 is 0 Å². The lowest BCUT2D eigenvalue weighted by molar-refractivity contribution is -0.123. The van der Waals surface area contributed by atoms with Crippen molar-refractivity contribution < 1.29 is 9.59 Å². The van der Waals surface area contributed by atoms with E-state index in [0.717, 1.165) is 24.1 Å². The van der Waals surface area contributed by atoms with Gasteiger partial charge in [-0.05, 0) is 25.3 Å². The molecule has 1 aromatic carbocycles. The van der Waals surface area contributed by atoms with Crippen molar-refractivity contribution in [3.05, 3.63) is 53.3 Å². The monoisotopic (exact) mass is 325 g/mol. The highest BCUT2D eigenvalue weighted by Crippen LogP contribution is 2.21. The van der Waals surface area contributed by atoms with E-state index in [-0.39, 0.29) is 17.6 Å². The number of nitrogens with zero attached hydrogens (tertiary/aromatic N) is 3. The number of benzene rings is 1. The number of carbonyl (C=O) groups is 2. The van der Waals surface area contributed by atoms with Gasteiger partial charge in [0.15, 0.2) is 0 Å². The van der Waals surface area contributed by atoms with E-state index in [1.165, 1.54) is 0 Å². The van der Waals surface area contributed by atoms with Crippen molar-refractivity contribution in [3.8, 4) is 0 Å². The number of aromatic nitrogens is 2. The van der Waals surface area contributed by atoms with Crippen LogP contribution in [0.1, 0.15) is 34.5 Å². The van der Waals surface area contributed by atoms with Gasteiger partial charge in [-0.1, -0.05) is 30.3 Å². The Labute approximate surface area is 142 Å². The number of piperidine rings is 1. The van der Waals surface area contributed by atoms with E-state index in [1.807, 2.05) is 44.3 Å². The van der Waals surface area contributed by atoms with Gasteiger partial charge in [-0.15, -0.1) is 0 Å². The molecule has 0 unspecified atom stereocenters. The standard InChI is InChI=1S/C19H23N3O2/c1-14-17(13-21(2)20-14)19(24)22-10-6-9-16(12-22)18(23)11-15-7-4-3-5-8-15/h3-5,7-8,13,16H,6,9-12H2,1-2H3/t16-/m1/s1. The van der Waals surface area contributed by atoms with Crippen LogP contribution in [0.2, 0.25) is 0 Å². The summed E-state index contributed by atoms with van der Waals surface area (Å²) < 4.78 is 1.66. The lowest BCUT2D eigenvalue weighted by atomic mass is 9.90. The van der Waals surface area contributed by atoms with Crippen LogP contribution in [-0.2, 0) is 18.3 Å². The van der Waals surface area contributed by atoms with E-state index in [0.29, 0.717) is 25.1 Å². The second-order valence-corrected chi connectivity index (χ2v) is 6.52. The van der Waals surface area contributed by atoms with Gasteiger partial charge in [0, 0.05) is 38.7 Å². The molecule has 126 valence electrons. The molecule has 1 aliphatic rings.